The Bertz CT molecular complexity index is 393. The second-order valence-electron chi connectivity index (χ2n) is 4.12. The van der Waals surface area contributed by atoms with Crippen molar-refractivity contribution in [3.63, 3.8) is 0 Å². The maximum absolute atomic E-state index is 13.0. The number of nitrogens with one attached hydrogen (secondary N) is 1. The number of hydrogen-bond acceptors (Lipinski definition) is 2. The molecule has 0 saturated carbocycles. The van der Waals surface area contributed by atoms with Crippen LogP contribution < -0.4 is 5.32 Å². The molecule has 1 amide bonds. The highest BCUT2D eigenvalue weighted by molar-refractivity contribution is 5.94. The summed E-state index contributed by atoms with van der Waals surface area (Å²) < 4.78 is 13.0. The lowest BCUT2D eigenvalue weighted by Gasteiger charge is -2.11. The van der Waals surface area contributed by atoms with Crippen molar-refractivity contribution in [1.82, 2.24) is 5.32 Å². The summed E-state index contributed by atoms with van der Waals surface area (Å²) >= 11 is 0. The molecule has 3 nitrogen and oxygen atoms in total. The van der Waals surface area contributed by atoms with Crippen molar-refractivity contribution in [1.29, 1.82) is 0 Å². The van der Waals surface area contributed by atoms with Gasteiger partial charge in [-0.05, 0) is 37.1 Å². The lowest BCUT2D eigenvalue weighted by Crippen LogP contribution is -2.32. The standard InChI is InChI=1S/C13H18FNO2/c1-3-4-11(16)8-15-13(17)10-5-6-12(14)9(2)7-10/h5-7,11,16H,3-4,8H2,1-2H3,(H,15,17). The number of carbonyl (C=O) groups is 1. The molecule has 1 atom stereocenters. The van der Waals surface area contributed by atoms with Gasteiger partial charge in [0.05, 0.1) is 6.10 Å². The van der Waals surface area contributed by atoms with Crippen LogP contribution in [0.4, 0.5) is 4.39 Å². The second kappa shape index (κ2) is 6.35. The molecule has 0 aromatic heterocycles. The third-order valence-electron chi connectivity index (χ3n) is 2.54. The first kappa shape index (κ1) is 13.6. The summed E-state index contributed by atoms with van der Waals surface area (Å²) in [6.07, 6.45) is 1.00. The summed E-state index contributed by atoms with van der Waals surface area (Å²) in [4.78, 5) is 11.7. The summed E-state index contributed by atoms with van der Waals surface area (Å²) in [7, 11) is 0. The quantitative estimate of drug-likeness (QED) is 0.826. The van der Waals surface area contributed by atoms with E-state index in [4.69, 9.17) is 0 Å². The first-order valence-electron chi connectivity index (χ1n) is 5.77. The minimum absolute atomic E-state index is 0.225. The van der Waals surface area contributed by atoms with E-state index >= 15 is 0 Å². The van der Waals surface area contributed by atoms with E-state index in [-0.39, 0.29) is 18.3 Å². The minimum atomic E-state index is -0.523. The molecule has 0 heterocycles. The SMILES string of the molecule is CCCC(O)CNC(=O)c1ccc(F)c(C)c1. The van der Waals surface area contributed by atoms with Gasteiger partial charge in [0, 0.05) is 12.1 Å². The van der Waals surface area contributed by atoms with E-state index in [1.807, 2.05) is 6.92 Å². The molecule has 0 saturated heterocycles. The lowest BCUT2D eigenvalue weighted by atomic mass is 10.1. The molecule has 17 heavy (non-hydrogen) atoms. The topological polar surface area (TPSA) is 49.3 Å². The van der Waals surface area contributed by atoms with Crippen LogP contribution in [0.3, 0.4) is 0 Å². The van der Waals surface area contributed by atoms with Gasteiger partial charge in [-0.1, -0.05) is 13.3 Å². The number of rotatable bonds is 5. The van der Waals surface area contributed by atoms with Crippen molar-refractivity contribution >= 4 is 5.91 Å². The molecule has 1 rings (SSSR count). The summed E-state index contributed by atoms with van der Waals surface area (Å²) in [5, 5.41) is 12.1. The largest absolute Gasteiger partial charge is 0.391 e. The molecule has 2 N–H and O–H groups in total. The van der Waals surface area contributed by atoms with Gasteiger partial charge >= 0.3 is 0 Å². The predicted octanol–water partition coefficient (Wildman–Crippen LogP) is 2.02. The van der Waals surface area contributed by atoms with Crippen LogP contribution in [0.2, 0.25) is 0 Å². The molecule has 0 fully saturated rings. The Morgan fingerprint density at radius 2 is 2.24 bits per heavy atom. The van der Waals surface area contributed by atoms with Gasteiger partial charge in [0.15, 0.2) is 0 Å². The number of aryl methyl sites for hydroxylation is 1. The molecule has 0 aliphatic rings. The van der Waals surface area contributed by atoms with E-state index in [1.165, 1.54) is 18.2 Å². The van der Waals surface area contributed by atoms with Crippen LogP contribution in [0.1, 0.15) is 35.7 Å². The fourth-order valence-electron chi connectivity index (χ4n) is 1.53. The van der Waals surface area contributed by atoms with E-state index in [1.54, 1.807) is 6.92 Å². The van der Waals surface area contributed by atoms with Gasteiger partial charge in [-0.15, -0.1) is 0 Å². The van der Waals surface area contributed by atoms with E-state index in [0.717, 1.165) is 6.42 Å². The third kappa shape index (κ3) is 4.15. The molecule has 0 bridgehead atoms. The zero-order valence-electron chi connectivity index (χ0n) is 10.2. The minimum Gasteiger partial charge on any atom is -0.391 e. The third-order valence-corrected chi connectivity index (χ3v) is 2.54. The number of aliphatic hydroxyl groups is 1. The van der Waals surface area contributed by atoms with Gasteiger partial charge in [-0.25, -0.2) is 4.39 Å². The van der Waals surface area contributed by atoms with Crippen LogP contribution >= 0.6 is 0 Å². The monoisotopic (exact) mass is 239 g/mol. The zero-order valence-corrected chi connectivity index (χ0v) is 10.2. The van der Waals surface area contributed by atoms with Crippen molar-refractivity contribution < 1.29 is 14.3 Å². The molecule has 1 unspecified atom stereocenters. The summed E-state index contributed by atoms with van der Waals surface area (Å²) in [6, 6.07) is 4.20. The Balaban J connectivity index is 2.55. The maximum atomic E-state index is 13.0. The van der Waals surface area contributed by atoms with Gasteiger partial charge in [0.25, 0.3) is 5.91 Å². The van der Waals surface area contributed by atoms with E-state index in [9.17, 15) is 14.3 Å². The molecule has 0 aliphatic carbocycles. The highest BCUT2D eigenvalue weighted by Gasteiger charge is 2.09. The fourth-order valence-corrected chi connectivity index (χ4v) is 1.53. The first-order chi connectivity index (χ1) is 8.04. The lowest BCUT2D eigenvalue weighted by molar-refractivity contribution is 0.0910. The number of amides is 1. The Morgan fingerprint density at radius 1 is 1.53 bits per heavy atom. The van der Waals surface area contributed by atoms with Crippen molar-refractivity contribution in [2.45, 2.75) is 32.8 Å². The Morgan fingerprint density at radius 3 is 2.82 bits per heavy atom. The highest BCUT2D eigenvalue weighted by atomic mass is 19.1. The molecule has 4 heteroatoms. The van der Waals surface area contributed by atoms with Crippen LogP contribution in [0, 0.1) is 12.7 Å². The average molecular weight is 239 g/mol. The first-order valence-corrected chi connectivity index (χ1v) is 5.77. The van der Waals surface area contributed by atoms with Crippen molar-refractivity contribution in [3.8, 4) is 0 Å². The normalized spacial score (nSPS) is 12.2. The van der Waals surface area contributed by atoms with Gasteiger partial charge in [-0.2, -0.15) is 0 Å². The van der Waals surface area contributed by atoms with Crippen LogP contribution in [0.25, 0.3) is 0 Å². The molecule has 0 spiro atoms. The zero-order chi connectivity index (χ0) is 12.8. The number of hydrogen-bond donors (Lipinski definition) is 2. The fraction of sp³-hybridized carbons (Fsp3) is 0.462. The van der Waals surface area contributed by atoms with E-state index in [2.05, 4.69) is 5.32 Å². The van der Waals surface area contributed by atoms with E-state index in [0.29, 0.717) is 17.5 Å². The van der Waals surface area contributed by atoms with Crippen molar-refractivity contribution in [2.24, 2.45) is 0 Å². The smallest absolute Gasteiger partial charge is 0.251 e. The average Bonchev–Trinajstić information content (AvgIpc) is 2.30. The molecular formula is C13H18FNO2. The van der Waals surface area contributed by atoms with E-state index < -0.39 is 6.10 Å². The van der Waals surface area contributed by atoms with Crippen LogP contribution in [0.5, 0.6) is 0 Å². The highest BCUT2D eigenvalue weighted by Crippen LogP contribution is 2.09. The molecule has 0 radical (unpaired) electrons. The number of aliphatic hydroxyl groups excluding tert-OH is 1. The van der Waals surface area contributed by atoms with Gasteiger partial charge in [-0.3, -0.25) is 4.79 Å². The second-order valence-corrected chi connectivity index (χ2v) is 4.12. The molecule has 1 aromatic carbocycles. The molecular weight excluding hydrogens is 221 g/mol. The van der Waals surface area contributed by atoms with Crippen LogP contribution in [-0.2, 0) is 0 Å². The molecule has 1 aromatic rings. The van der Waals surface area contributed by atoms with Crippen molar-refractivity contribution in [3.05, 3.63) is 35.1 Å². The van der Waals surface area contributed by atoms with Crippen molar-refractivity contribution in [2.75, 3.05) is 6.54 Å². The Kier molecular flexibility index (Phi) is 5.10. The van der Waals surface area contributed by atoms with Crippen LogP contribution in [0.15, 0.2) is 18.2 Å². The number of benzene rings is 1. The number of carbonyl (C=O) groups excluding carboxylic acids is 1. The maximum Gasteiger partial charge on any atom is 0.251 e. The van der Waals surface area contributed by atoms with Gasteiger partial charge in [0.2, 0.25) is 0 Å². The summed E-state index contributed by atoms with van der Waals surface area (Å²) in [6.45, 7) is 3.80. The number of halogens is 1. The Labute approximate surface area is 101 Å². The van der Waals surface area contributed by atoms with Crippen LogP contribution in [-0.4, -0.2) is 23.7 Å². The van der Waals surface area contributed by atoms with Gasteiger partial charge < -0.3 is 10.4 Å². The van der Waals surface area contributed by atoms with Gasteiger partial charge in [0.1, 0.15) is 5.82 Å². The Hall–Kier alpha value is -1.42. The molecule has 0 aliphatic heterocycles. The predicted molar refractivity (Wildman–Crippen MR) is 64.4 cm³/mol. The summed E-state index contributed by atoms with van der Waals surface area (Å²) in [5.41, 5.74) is 0.847. The summed E-state index contributed by atoms with van der Waals surface area (Å²) in [5.74, 6) is -0.615. The molecule has 94 valence electrons.